The maximum atomic E-state index is 13.0. The monoisotopic (exact) mass is 318 g/mol. The second-order valence-electron chi connectivity index (χ2n) is 6.17. The molecule has 1 unspecified atom stereocenters. The van der Waals surface area contributed by atoms with Crippen LogP contribution in [-0.4, -0.2) is 48.1 Å². The number of nitrogens with one attached hydrogen (secondary N) is 1. The molecule has 3 rings (SSSR count). The smallest absolute Gasteiger partial charge is 0.264 e. The van der Waals surface area contributed by atoms with Gasteiger partial charge in [-0.1, -0.05) is 18.2 Å². The van der Waals surface area contributed by atoms with Gasteiger partial charge in [-0.3, -0.25) is 15.4 Å². The summed E-state index contributed by atoms with van der Waals surface area (Å²) in [6.07, 6.45) is 1.21. The minimum atomic E-state index is -1.80. The third-order valence-corrected chi connectivity index (χ3v) is 4.74. The van der Waals surface area contributed by atoms with Gasteiger partial charge in [0.25, 0.3) is 5.91 Å². The number of fused-ring (bicyclic) bond motifs is 1. The Kier molecular flexibility index (Phi) is 4.09. The van der Waals surface area contributed by atoms with E-state index in [0.29, 0.717) is 24.3 Å². The number of carbonyl (C=O) groups excluding carboxylic acids is 2. The van der Waals surface area contributed by atoms with Crippen LogP contribution < -0.4 is 16.1 Å². The van der Waals surface area contributed by atoms with Gasteiger partial charge < -0.3 is 15.3 Å². The van der Waals surface area contributed by atoms with E-state index in [1.807, 2.05) is 12.1 Å². The standard InChI is InChI=1S/C16H22N4O3/c1-18-14(21)10-16(23)12-4-2-3-5-13(12)20(15(16)22)11-6-8-19(17)9-7-11/h2-5,11,23H,6-10,17H2,1H3,(H,18,21). The highest BCUT2D eigenvalue weighted by molar-refractivity contribution is 6.09. The number of nitrogens with zero attached hydrogens (tertiary/aromatic N) is 2. The van der Waals surface area contributed by atoms with Crippen molar-refractivity contribution in [1.82, 2.24) is 10.3 Å². The fourth-order valence-electron chi connectivity index (χ4n) is 3.46. The minimum absolute atomic E-state index is 0.0119. The van der Waals surface area contributed by atoms with Gasteiger partial charge in [0.1, 0.15) is 0 Å². The number of hydrogen-bond acceptors (Lipinski definition) is 5. The molecule has 0 spiro atoms. The Morgan fingerprint density at radius 3 is 2.70 bits per heavy atom. The summed E-state index contributed by atoms with van der Waals surface area (Å²) in [6, 6.07) is 7.13. The van der Waals surface area contributed by atoms with Gasteiger partial charge in [0, 0.05) is 31.7 Å². The number of carbonyl (C=O) groups is 2. The van der Waals surface area contributed by atoms with E-state index in [1.54, 1.807) is 22.0 Å². The minimum Gasteiger partial charge on any atom is -0.375 e. The third-order valence-electron chi connectivity index (χ3n) is 4.74. The molecule has 0 radical (unpaired) electrons. The average molecular weight is 318 g/mol. The van der Waals surface area contributed by atoms with Crippen molar-refractivity contribution >= 4 is 17.5 Å². The molecule has 7 nitrogen and oxygen atoms in total. The summed E-state index contributed by atoms with van der Waals surface area (Å²) < 4.78 is 0. The normalized spacial score (nSPS) is 25.5. The molecule has 1 aromatic carbocycles. The second-order valence-corrected chi connectivity index (χ2v) is 6.17. The number of para-hydroxylation sites is 1. The molecule has 1 fully saturated rings. The van der Waals surface area contributed by atoms with Crippen molar-refractivity contribution in [3.05, 3.63) is 29.8 Å². The van der Waals surface area contributed by atoms with Crippen LogP contribution in [0, 0.1) is 0 Å². The number of rotatable bonds is 3. The van der Waals surface area contributed by atoms with Crippen LogP contribution in [0.25, 0.3) is 0 Å². The molecule has 0 aliphatic carbocycles. The van der Waals surface area contributed by atoms with E-state index in [2.05, 4.69) is 5.32 Å². The summed E-state index contributed by atoms with van der Waals surface area (Å²) in [4.78, 5) is 26.4. The predicted molar refractivity (Wildman–Crippen MR) is 85.3 cm³/mol. The van der Waals surface area contributed by atoms with Crippen LogP contribution in [0.2, 0.25) is 0 Å². The quantitative estimate of drug-likeness (QED) is 0.664. The lowest BCUT2D eigenvalue weighted by atomic mass is 9.91. The molecule has 1 aromatic rings. The molecule has 2 aliphatic rings. The molecule has 0 saturated carbocycles. The maximum absolute atomic E-state index is 13.0. The largest absolute Gasteiger partial charge is 0.375 e. The number of amides is 2. The first-order chi connectivity index (χ1) is 11.0. The Morgan fingerprint density at radius 2 is 2.04 bits per heavy atom. The fourth-order valence-corrected chi connectivity index (χ4v) is 3.46. The molecule has 0 bridgehead atoms. The van der Waals surface area contributed by atoms with E-state index in [4.69, 9.17) is 5.84 Å². The second kappa shape index (κ2) is 5.92. The van der Waals surface area contributed by atoms with E-state index in [-0.39, 0.29) is 18.4 Å². The zero-order valence-electron chi connectivity index (χ0n) is 13.2. The number of hydrogen-bond donors (Lipinski definition) is 3. The number of nitrogens with two attached hydrogens (primary N) is 1. The van der Waals surface area contributed by atoms with Crippen molar-refractivity contribution in [2.75, 3.05) is 25.0 Å². The first-order valence-electron chi connectivity index (χ1n) is 7.83. The molecule has 2 aliphatic heterocycles. The van der Waals surface area contributed by atoms with Gasteiger partial charge in [-0.2, -0.15) is 0 Å². The summed E-state index contributed by atoms with van der Waals surface area (Å²) in [5.41, 5.74) is -0.598. The highest BCUT2D eigenvalue weighted by Crippen LogP contribution is 2.44. The molecular weight excluding hydrogens is 296 g/mol. The van der Waals surface area contributed by atoms with Gasteiger partial charge in [-0.25, -0.2) is 5.01 Å². The van der Waals surface area contributed by atoms with Crippen molar-refractivity contribution in [1.29, 1.82) is 0 Å². The van der Waals surface area contributed by atoms with Crippen LogP contribution in [0.5, 0.6) is 0 Å². The number of aliphatic hydroxyl groups is 1. The van der Waals surface area contributed by atoms with Crippen LogP contribution in [0.4, 0.5) is 5.69 Å². The Labute approximate surface area is 135 Å². The molecule has 2 amide bonds. The Balaban J connectivity index is 1.97. The number of benzene rings is 1. The number of piperidine rings is 1. The molecule has 7 heteroatoms. The maximum Gasteiger partial charge on any atom is 0.264 e. The van der Waals surface area contributed by atoms with Crippen molar-refractivity contribution < 1.29 is 14.7 Å². The zero-order chi connectivity index (χ0) is 16.6. The lowest BCUT2D eigenvalue weighted by Gasteiger charge is -2.35. The van der Waals surface area contributed by atoms with E-state index in [9.17, 15) is 14.7 Å². The van der Waals surface area contributed by atoms with E-state index < -0.39 is 11.5 Å². The van der Waals surface area contributed by atoms with Crippen LogP contribution in [-0.2, 0) is 15.2 Å². The summed E-state index contributed by atoms with van der Waals surface area (Å²) in [5, 5.41) is 15.2. The van der Waals surface area contributed by atoms with Crippen LogP contribution in [0.3, 0.4) is 0 Å². The zero-order valence-corrected chi connectivity index (χ0v) is 13.2. The third kappa shape index (κ3) is 2.60. The number of hydrazine groups is 1. The van der Waals surface area contributed by atoms with Crippen LogP contribution in [0.1, 0.15) is 24.8 Å². The molecule has 1 atom stereocenters. The Bertz CT molecular complexity index is 628. The molecule has 4 N–H and O–H groups in total. The summed E-state index contributed by atoms with van der Waals surface area (Å²) in [7, 11) is 1.49. The summed E-state index contributed by atoms with van der Waals surface area (Å²) in [5.74, 6) is 5.00. The Hall–Kier alpha value is -1.96. The molecule has 0 aromatic heterocycles. The van der Waals surface area contributed by atoms with E-state index in [1.165, 1.54) is 7.05 Å². The lowest BCUT2D eigenvalue weighted by molar-refractivity contribution is -0.142. The van der Waals surface area contributed by atoms with Gasteiger partial charge >= 0.3 is 0 Å². The van der Waals surface area contributed by atoms with Crippen LogP contribution in [0.15, 0.2) is 24.3 Å². The van der Waals surface area contributed by atoms with E-state index >= 15 is 0 Å². The van der Waals surface area contributed by atoms with Gasteiger partial charge in [0.2, 0.25) is 5.91 Å². The fraction of sp³-hybridized carbons (Fsp3) is 0.500. The van der Waals surface area contributed by atoms with Gasteiger partial charge in [0.15, 0.2) is 5.60 Å². The molecular formula is C16H22N4O3. The molecule has 23 heavy (non-hydrogen) atoms. The van der Waals surface area contributed by atoms with E-state index in [0.717, 1.165) is 12.8 Å². The van der Waals surface area contributed by atoms with Gasteiger partial charge in [-0.05, 0) is 18.9 Å². The summed E-state index contributed by atoms with van der Waals surface area (Å²) in [6.45, 7) is 1.40. The van der Waals surface area contributed by atoms with Gasteiger partial charge in [-0.15, -0.1) is 0 Å². The lowest BCUT2D eigenvalue weighted by Crippen LogP contribution is -2.51. The Morgan fingerprint density at radius 1 is 1.39 bits per heavy atom. The first kappa shape index (κ1) is 15.9. The highest BCUT2D eigenvalue weighted by atomic mass is 16.3. The van der Waals surface area contributed by atoms with Crippen molar-refractivity contribution in [2.24, 2.45) is 5.84 Å². The number of anilines is 1. The van der Waals surface area contributed by atoms with Crippen molar-refractivity contribution in [3.8, 4) is 0 Å². The SMILES string of the molecule is CNC(=O)CC1(O)C(=O)N(C2CCN(N)CC2)c2ccccc21. The van der Waals surface area contributed by atoms with Crippen molar-refractivity contribution in [3.63, 3.8) is 0 Å². The predicted octanol–water partition coefficient (Wildman–Crippen LogP) is -0.305. The average Bonchev–Trinajstić information content (AvgIpc) is 2.77. The topological polar surface area (TPSA) is 98.9 Å². The first-order valence-corrected chi connectivity index (χ1v) is 7.83. The molecule has 2 heterocycles. The van der Waals surface area contributed by atoms with Gasteiger partial charge in [0.05, 0.1) is 12.1 Å². The summed E-state index contributed by atoms with van der Waals surface area (Å²) >= 11 is 0. The highest BCUT2D eigenvalue weighted by Gasteiger charge is 2.52. The molecule has 124 valence electrons. The molecule has 1 saturated heterocycles. The van der Waals surface area contributed by atoms with Crippen molar-refractivity contribution in [2.45, 2.75) is 30.9 Å². The van der Waals surface area contributed by atoms with Crippen LogP contribution >= 0.6 is 0 Å².